The van der Waals surface area contributed by atoms with Crippen LogP contribution in [0.3, 0.4) is 0 Å². The summed E-state index contributed by atoms with van der Waals surface area (Å²) < 4.78 is 5.84. The highest BCUT2D eigenvalue weighted by Crippen LogP contribution is 2.36. The molecule has 3 nitrogen and oxygen atoms in total. The second-order valence-electron chi connectivity index (χ2n) is 5.16. The smallest absolute Gasteiger partial charge is 0.266 e. The number of amides is 1. The van der Waals surface area contributed by atoms with Gasteiger partial charge in [-0.15, -0.1) is 0 Å². The van der Waals surface area contributed by atoms with Crippen molar-refractivity contribution in [2.75, 3.05) is 7.05 Å². The maximum Gasteiger partial charge on any atom is 0.266 e. The molecule has 2 aromatic rings. The summed E-state index contributed by atoms with van der Waals surface area (Å²) in [5.41, 5.74) is 2.32. The van der Waals surface area contributed by atoms with Crippen LogP contribution in [0.2, 0.25) is 0 Å². The minimum Gasteiger partial charge on any atom is -0.478 e. The van der Waals surface area contributed by atoms with Crippen molar-refractivity contribution in [3.63, 3.8) is 0 Å². The average molecular weight is 267 g/mol. The largest absolute Gasteiger partial charge is 0.478 e. The highest BCUT2D eigenvalue weighted by atomic mass is 16.5. The minimum absolute atomic E-state index is 0.0108. The van der Waals surface area contributed by atoms with E-state index < -0.39 is 6.10 Å². The molecule has 0 unspecified atom stereocenters. The van der Waals surface area contributed by atoms with Gasteiger partial charge in [-0.2, -0.15) is 0 Å². The van der Waals surface area contributed by atoms with Gasteiger partial charge in [0, 0.05) is 7.05 Å². The van der Waals surface area contributed by atoms with Crippen LogP contribution in [-0.4, -0.2) is 24.0 Å². The first-order valence-electron chi connectivity index (χ1n) is 6.72. The number of ether oxygens (including phenoxy) is 1. The van der Waals surface area contributed by atoms with Gasteiger partial charge in [0.2, 0.25) is 6.10 Å². The van der Waals surface area contributed by atoms with Crippen LogP contribution in [0, 0.1) is 6.92 Å². The molecule has 1 fully saturated rings. The number of carbonyl (C=O) groups excluding carboxylic acids is 1. The second kappa shape index (κ2) is 5.00. The van der Waals surface area contributed by atoms with Crippen molar-refractivity contribution >= 4 is 5.91 Å². The van der Waals surface area contributed by atoms with Crippen LogP contribution in [0.4, 0.5) is 0 Å². The Morgan fingerprint density at radius 1 is 1.00 bits per heavy atom. The molecule has 0 aromatic heterocycles. The maximum atomic E-state index is 12.0. The molecule has 1 aliphatic heterocycles. The molecule has 0 bridgehead atoms. The molecule has 20 heavy (non-hydrogen) atoms. The number of likely N-dealkylation sites (tertiary alicyclic amines) is 1. The second-order valence-corrected chi connectivity index (χ2v) is 5.16. The fourth-order valence-corrected chi connectivity index (χ4v) is 2.52. The summed E-state index contributed by atoms with van der Waals surface area (Å²) in [6.45, 7) is 2.05. The number of rotatable bonds is 3. The quantitative estimate of drug-likeness (QED) is 0.800. The fraction of sp³-hybridized carbons (Fsp3) is 0.235. The van der Waals surface area contributed by atoms with Crippen LogP contribution in [0.1, 0.15) is 17.2 Å². The Kier molecular flexibility index (Phi) is 3.18. The zero-order valence-corrected chi connectivity index (χ0v) is 11.6. The molecule has 3 rings (SSSR count). The van der Waals surface area contributed by atoms with E-state index in [-0.39, 0.29) is 11.9 Å². The molecule has 1 amide bonds. The Balaban J connectivity index is 1.82. The third-order valence-electron chi connectivity index (χ3n) is 3.72. The SMILES string of the molecule is Cc1ccc([C@@H]2[C@H](Oc3ccccc3)C(=O)N2C)cc1. The number of carbonyl (C=O) groups is 1. The number of nitrogens with zero attached hydrogens (tertiary/aromatic N) is 1. The van der Waals surface area contributed by atoms with Crippen LogP contribution in [0.25, 0.3) is 0 Å². The normalized spacial score (nSPS) is 21.5. The Labute approximate surface area is 118 Å². The topological polar surface area (TPSA) is 29.5 Å². The van der Waals surface area contributed by atoms with Gasteiger partial charge in [0.25, 0.3) is 5.91 Å². The van der Waals surface area contributed by atoms with E-state index in [1.807, 2.05) is 37.4 Å². The van der Waals surface area contributed by atoms with Gasteiger partial charge < -0.3 is 9.64 Å². The number of likely N-dealkylation sites (N-methyl/N-ethyl adjacent to an activating group) is 1. The molecule has 2 aromatic carbocycles. The van der Waals surface area contributed by atoms with Gasteiger partial charge in [0.15, 0.2) is 0 Å². The molecule has 0 radical (unpaired) electrons. The van der Waals surface area contributed by atoms with Gasteiger partial charge in [-0.3, -0.25) is 4.79 Å². The van der Waals surface area contributed by atoms with Crippen LogP contribution in [0.5, 0.6) is 5.75 Å². The minimum atomic E-state index is -0.426. The zero-order valence-electron chi connectivity index (χ0n) is 11.6. The summed E-state index contributed by atoms with van der Waals surface area (Å²) in [4.78, 5) is 13.8. The first-order chi connectivity index (χ1) is 9.66. The van der Waals surface area contributed by atoms with Crippen LogP contribution in [0.15, 0.2) is 54.6 Å². The van der Waals surface area contributed by atoms with Gasteiger partial charge >= 0.3 is 0 Å². The summed E-state index contributed by atoms with van der Waals surface area (Å²) in [5.74, 6) is 0.760. The van der Waals surface area contributed by atoms with Crippen molar-refractivity contribution in [3.05, 3.63) is 65.7 Å². The highest BCUT2D eigenvalue weighted by molar-refractivity contribution is 5.89. The van der Waals surface area contributed by atoms with Gasteiger partial charge in [-0.25, -0.2) is 0 Å². The predicted molar refractivity (Wildman–Crippen MR) is 77.5 cm³/mol. The van der Waals surface area contributed by atoms with E-state index in [9.17, 15) is 4.79 Å². The van der Waals surface area contributed by atoms with E-state index >= 15 is 0 Å². The van der Waals surface area contributed by atoms with Gasteiger partial charge in [-0.1, -0.05) is 48.0 Å². The van der Waals surface area contributed by atoms with Crippen LogP contribution >= 0.6 is 0 Å². The van der Waals surface area contributed by atoms with Crippen molar-refractivity contribution in [3.8, 4) is 5.75 Å². The monoisotopic (exact) mass is 267 g/mol. The Bertz CT molecular complexity index is 607. The summed E-state index contributed by atoms with van der Waals surface area (Å²) >= 11 is 0. The van der Waals surface area contributed by atoms with Crippen molar-refractivity contribution < 1.29 is 9.53 Å². The molecular formula is C17H17NO2. The molecule has 2 atom stereocenters. The number of hydrogen-bond donors (Lipinski definition) is 0. The molecule has 1 aliphatic rings. The van der Waals surface area contributed by atoms with Crippen molar-refractivity contribution in [2.45, 2.75) is 19.1 Å². The first-order valence-corrected chi connectivity index (χ1v) is 6.72. The Morgan fingerprint density at radius 2 is 1.65 bits per heavy atom. The maximum absolute atomic E-state index is 12.0. The lowest BCUT2D eigenvalue weighted by Crippen LogP contribution is -2.59. The van der Waals surface area contributed by atoms with Gasteiger partial charge in [0.05, 0.1) is 0 Å². The Morgan fingerprint density at radius 3 is 2.30 bits per heavy atom. The summed E-state index contributed by atoms with van der Waals surface area (Å²) in [6, 6.07) is 17.7. The molecule has 3 heteroatoms. The van der Waals surface area contributed by atoms with E-state index in [1.54, 1.807) is 4.90 Å². The molecule has 1 saturated heterocycles. The lowest BCUT2D eigenvalue weighted by Gasteiger charge is -2.44. The number of hydrogen-bond acceptors (Lipinski definition) is 2. The van der Waals surface area contributed by atoms with E-state index in [4.69, 9.17) is 4.74 Å². The van der Waals surface area contributed by atoms with Gasteiger partial charge in [-0.05, 0) is 24.6 Å². The molecule has 1 heterocycles. The summed E-state index contributed by atoms with van der Waals surface area (Å²) in [6.07, 6.45) is -0.426. The highest BCUT2D eigenvalue weighted by Gasteiger charge is 2.47. The summed E-state index contributed by atoms with van der Waals surface area (Å²) in [7, 11) is 1.82. The van der Waals surface area contributed by atoms with Gasteiger partial charge in [0.1, 0.15) is 11.8 Å². The lowest BCUT2D eigenvalue weighted by molar-refractivity contribution is -0.160. The summed E-state index contributed by atoms with van der Waals surface area (Å²) in [5, 5.41) is 0. The standard InChI is InChI=1S/C17H17NO2/c1-12-8-10-13(11-9-12)15-16(17(19)18(15)2)20-14-6-4-3-5-7-14/h3-11,15-16H,1-2H3/t15-,16+/m1/s1. The zero-order chi connectivity index (χ0) is 14.1. The first kappa shape index (κ1) is 12.7. The average Bonchev–Trinajstić information content (AvgIpc) is 2.49. The van der Waals surface area contributed by atoms with Crippen LogP contribution in [-0.2, 0) is 4.79 Å². The molecule has 0 aliphatic carbocycles. The number of benzene rings is 2. The van der Waals surface area contributed by atoms with Crippen molar-refractivity contribution in [2.24, 2.45) is 0 Å². The predicted octanol–water partition coefficient (Wildman–Crippen LogP) is 2.96. The molecule has 0 spiro atoms. The van der Waals surface area contributed by atoms with E-state index in [2.05, 4.69) is 31.2 Å². The molecule has 102 valence electrons. The fourth-order valence-electron chi connectivity index (χ4n) is 2.52. The van der Waals surface area contributed by atoms with Crippen molar-refractivity contribution in [1.82, 2.24) is 4.90 Å². The van der Waals surface area contributed by atoms with E-state index in [1.165, 1.54) is 5.56 Å². The number of β-lactam (4-membered cyclic amide) rings is 1. The lowest BCUT2D eigenvalue weighted by atomic mass is 9.91. The number of para-hydroxylation sites is 1. The molecular weight excluding hydrogens is 250 g/mol. The number of aryl methyl sites for hydroxylation is 1. The molecule has 0 saturated carbocycles. The third kappa shape index (κ3) is 2.16. The van der Waals surface area contributed by atoms with Crippen molar-refractivity contribution in [1.29, 1.82) is 0 Å². The molecule has 0 N–H and O–H groups in total. The third-order valence-corrected chi connectivity index (χ3v) is 3.72. The van der Waals surface area contributed by atoms with Crippen LogP contribution < -0.4 is 4.74 Å². The van der Waals surface area contributed by atoms with E-state index in [0.717, 1.165) is 11.3 Å². The van der Waals surface area contributed by atoms with E-state index in [0.29, 0.717) is 0 Å². The Hall–Kier alpha value is -2.29.